The molecule has 0 bridgehead atoms. The van der Waals surface area contributed by atoms with Gasteiger partial charge in [0.25, 0.3) is 0 Å². The van der Waals surface area contributed by atoms with Crippen molar-refractivity contribution in [1.29, 1.82) is 0 Å². The SMILES string of the molecule is COc1ccc(-c2cc(=Nc3[nH+]c4ccccc4s3)c3ccccc3o2)cc1OC.F[B-](F)(F)F. The Morgan fingerprint density at radius 1 is 0.857 bits per heavy atom. The molecular formula is C24H19BF4N2O3S. The predicted octanol–water partition coefficient (Wildman–Crippen LogP) is 6.68. The quantitative estimate of drug-likeness (QED) is 0.204. The number of benzene rings is 3. The lowest BCUT2D eigenvalue weighted by atomic mass is 10.1. The topological polar surface area (TPSA) is 58.1 Å². The molecule has 0 aliphatic carbocycles. The second-order valence-electron chi connectivity index (χ2n) is 7.20. The van der Waals surface area contributed by atoms with E-state index in [1.165, 1.54) is 4.70 Å². The summed E-state index contributed by atoms with van der Waals surface area (Å²) in [7, 11) is -2.76. The van der Waals surface area contributed by atoms with Crippen molar-refractivity contribution in [3.05, 3.63) is 78.2 Å². The summed E-state index contributed by atoms with van der Waals surface area (Å²) in [5.41, 5.74) is 2.73. The zero-order valence-electron chi connectivity index (χ0n) is 18.6. The summed E-state index contributed by atoms with van der Waals surface area (Å²) in [6.07, 6.45) is 0. The Balaban J connectivity index is 0.000000527. The van der Waals surface area contributed by atoms with Crippen molar-refractivity contribution in [3.63, 3.8) is 0 Å². The van der Waals surface area contributed by atoms with Gasteiger partial charge in [0.05, 0.1) is 24.3 Å². The molecule has 35 heavy (non-hydrogen) atoms. The Morgan fingerprint density at radius 3 is 2.26 bits per heavy atom. The number of nitrogens with zero attached hydrogens (tertiary/aromatic N) is 1. The Bertz CT molecular complexity index is 1510. The molecule has 5 rings (SSSR count). The summed E-state index contributed by atoms with van der Waals surface area (Å²) >= 11 is 1.62. The minimum Gasteiger partial charge on any atom is -0.493 e. The summed E-state index contributed by atoms with van der Waals surface area (Å²) in [6.45, 7) is 0. The Hall–Kier alpha value is -3.86. The highest BCUT2D eigenvalue weighted by atomic mass is 32.1. The monoisotopic (exact) mass is 502 g/mol. The number of rotatable bonds is 4. The molecule has 0 aliphatic heterocycles. The standard InChI is InChI=1S/C24H18N2O3S.BF4/c1-27-20-12-11-15(13-22(20)28-2)21-14-18(16-7-3-5-9-19(16)29-21)26-24-25-17-8-4-6-10-23(17)30-24;2-1(3,4)5/h3-14H,1-2H3;/q;-1/p+1. The van der Waals surface area contributed by atoms with E-state index in [4.69, 9.17) is 18.9 Å². The maximum atomic E-state index is 9.75. The third-order valence-electron chi connectivity index (χ3n) is 4.88. The number of methoxy groups -OCH3 is 2. The van der Waals surface area contributed by atoms with Gasteiger partial charge in [-0.25, -0.2) is 4.98 Å². The first kappa shape index (κ1) is 24.3. The second-order valence-corrected chi connectivity index (χ2v) is 8.23. The number of hydrogen-bond donors (Lipinski definition) is 0. The molecule has 0 unspecified atom stereocenters. The second kappa shape index (κ2) is 10.2. The zero-order chi connectivity index (χ0) is 25.0. The molecule has 11 heteroatoms. The van der Waals surface area contributed by atoms with Crippen molar-refractivity contribution in [2.75, 3.05) is 14.2 Å². The predicted molar refractivity (Wildman–Crippen MR) is 129 cm³/mol. The van der Waals surface area contributed by atoms with E-state index in [0.29, 0.717) is 17.3 Å². The molecular weight excluding hydrogens is 483 g/mol. The van der Waals surface area contributed by atoms with Crippen molar-refractivity contribution >= 4 is 44.9 Å². The fraction of sp³-hybridized carbons (Fsp3) is 0.0833. The summed E-state index contributed by atoms with van der Waals surface area (Å²) in [4.78, 5) is 8.30. The van der Waals surface area contributed by atoms with Crippen molar-refractivity contribution in [1.82, 2.24) is 0 Å². The van der Waals surface area contributed by atoms with Crippen LogP contribution in [-0.4, -0.2) is 21.5 Å². The molecule has 0 saturated heterocycles. The number of ether oxygens (including phenoxy) is 2. The largest absolute Gasteiger partial charge is 0.673 e. The van der Waals surface area contributed by atoms with Crippen molar-refractivity contribution in [3.8, 4) is 22.8 Å². The van der Waals surface area contributed by atoms with Gasteiger partial charge < -0.3 is 31.2 Å². The number of nitrogens with one attached hydrogen (secondary N) is 1. The third-order valence-corrected chi connectivity index (χ3v) is 5.84. The van der Waals surface area contributed by atoms with Gasteiger partial charge in [-0.05, 0) is 58.8 Å². The highest BCUT2D eigenvalue weighted by Gasteiger charge is 2.20. The van der Waals surface area contributed by atoms with E-state index < -0.39 is 7.25 Å². The fourth-order valence-corrected chi connectivity index (χ4v) is 4.29. The van der Waals surface area contributed by atoms with Crippen LogP contribution in [-0.2, 0) is 0 Å². The number of aromatic amines is 1. The lowest BCUT2D eigenvalue weighted by Gasteiger charge is -2.09. The maximum absolute atomic E-state index is 9.75. The van der Waals surface area contributed by atoms with Crippen LogP contribution in [0.15, 0.2) is 82.2 Å². The molecule has 0 radical (unpaired) electrons. The molecule has 0 atom stereocenters. The molecule has 0 amide bonds. The minimum atomic E-state index is -6.00. The van der Waals surface area contributed by atoms with Gasteiger partial charge >= 0.3 is 12.4 Å². The highest BCUT2D eigenvalue weighted by Crippen LogP contribution is 2.33. The van der Waals surface area contributed by atoms with E-state index in [9.17, 15) is 17.3 Å². The zero-order valence-corrected chi connectivity index (χ0v) is 19.4. The average Bonchev–Trinajstić information content (AvgIpc) is 3.25. The van der Waals surface area contributed by atoms with Crippen LogP contribution in [0.3, 0.4) is 0 Å². The lowest BCUT2D eigenvalue weighted by molar-refractivity contribution is -0.323. The van der Waals surface area contributed by atoms with Gasteiger partial charge in [0, 0.05) is 11.6 Å². The number of hydrogen-bond acceptors (Lipinski definition) is 5. The third kappa shape index (κ3) is 5.99. The normalized spacial score (nSPS) is 11.9. The number of fused-ring (bicyclic) bond motifs is 2. The number of H-pyrrole nitrogens is 1. The number of para-hydroxylation sites is 2. The van der Waals surface area contributed by atoms with Gasteiger partial charge in [0.15, 0.2) is 16.9 Å². The van der Waals surface area contributed by atoms with Crippen LogP contribution in [0, 0.1) is 0 Å². The van der Waals surface area contributed by atoms with Gasteiger partial charge in [-0.3, -0.25) is 0 Å². The van der Waals surface area contributed by atoms with Crippen LogP contribution in [0.5, 0.6) is 11.5 Å². The van der Waals surface area contributed by atoms with Gasteiger partial charge in [0.2, 0.25) is 0 Å². The van der Waals surface area contributed by atoms with E-state index in [1.54, 1.807) is 25.6 Å². The molecule has 5 aromatic rings. The van der Waals surface area contributed by atoms with Gasteiger partial charge in [-0.15, -0.1) is 0 Å². The molecule has 2 heterocycles. The van der Waals surface area contributed by atoms with Crippen LogP contribution in [0.25, 0.3) is 32.5 Å². The van der Waals surface area contributed by atoms with E-state index in [0.717, 1.165) is 32.5 Å². The maximum Gasteiger partial charge on any atom is 0.673 e. The number of thiazole rings is 1. The van der Waals surface area contributed by atoms with Crippen molar-refractivity contribution in [2.24, 2.45) is 4.99 Å². The van der Waals surface area contributed by atoms with Crippen LogP contribution < -0.4 is 19.8 Å². The first-order chi connectivity index (χ1) is 16.7. The van der Waals surface area contributed by atoms with Crippen LogP contribution in [0.2, 0.25) is 0 Å². The first-order valence-corrected chi connectivity index (χ1v) is 11.1. The van der Waals surface area contributed by atoms with Crippen LogP contribution >= 0.6 is 11.3 Å². The summed E-state index contributed by atoms with van der Waals surface area (Å²) in [5, 5.41) is 2.63. The molecule has 5 nitrogen and oxygen atoms in total. The highest BCUT2D eigenvalue weighted by molar-refractivity contribution is 7.21. The lowest BCUT2D eigenvalue weighted by Crippen LogP contribution is -2.06. The first-order valence-electron chi connectivity index (χ1n) is 10.3. The minimum absolute atomic E-state index is 0.648. The van der Waals surface area contributed by atoms with E-state index >= 15 is 0 Å². The molecule has 0 aliphatic rings. The van der Waals surface area contributed by atoms with E-state index in [-0.39, 0.29) is 0 Å². The number of aromatic nitrogens is 1. The Morgan fingerprint density at radius 2 is 1.54 bits per heavy atom. The molecule has 1 N–H and O–H groups in total. The van der Waals surface area contributed by atoms with Crippen molar-refractivity contribution in [2.45, 2.75) is 0 Å². The fourth-order valence-electron chi connectivity index (χ4n) is 3.41. The van der Waals surface area contributed by atoms with Gasteiger partial charge in [0.1, 0.15) is 16.9 Å². The number of halogens is 4. The average molecular weight is 502 g/mol. The van der Waals surface area contributed by atoms with Crippen LogP contribution in [0.4, 0.5) is 22.4 Å². The summed E-state index contributed by atoms with van der Waals surface area (Å²) in [6, 6.07) is 23.8. The van der Waals surface area contributed by atoms with Gasteiger partial charge in [-0.1, -0.05) is 24.3 Å². The Kier molecular flexibility index (Phi) is 7.06. The summed E-state index contributed by atoms with van der Waals surface area (Å²) < 4.78 is 57.2. The van der Waals surface area contributed by atoms with E-state index in [1.807, 2.05) is 60.7 Å². The molecule has 2 aromatic heterocycles. The smallest absolute Gasteiger partial charge is 0.493 e. The van der Waals surface area contributed by atoms with E-state index in [2.05, 4.69) is 17.1 Å². The molecule has 0 spiro atoms. The van der Waals surface area contributed by atoms with Crippen LogP contribution in [0.1, 0.15) is 0 Å². The molecule has 180 valence electrons. The molecule has 0 fully saturated rings. The van der Waals surface area contributed by atoms with Crippen molar-refractivity contribution < 1.29 is 36.1 Å². The summed E-state index contributed by atoms with van der Waals surface area (Å²) in [5.74, 6) is 2.02. The van der Waals surface area contributed by atoms with Gasteiger partial charge in [-0.2, -0.15) is 0 Å². The molecule has 0 saturated carbocycles. The molecule has 3 aromatic carbocycles. The Labute approximate surface area is 201 Å².